The number of benzene rings is 1. The summed E-state index contributed by atoms with van der Waals surface area (Å²) in [7, 11) is 0. The minimum absolute atomic E-state index is 0.0117. The Hall–Kier alpha value is -2.08. The van der Waals surface area contributed by atoms with Gasteiger partial charge in [-0.2, -0.15) is 0 Å². The molecule has 1 aromatic rings. The van der Waals surface area contributed by atoms with Crippen LogP contribution in [0.2, 0.25) is 0 Å². The lowest BCUT2D eigenvalue weighted by atomic mass is 9.85. The van der Waals surface area contributed by atoms with Crippen molar-refractivity contribution >= 4 is 12.1 Å². The van der Waals surface area contributed by atoms with Gasteiger partial charge in [-0.05, 0) is 24.8 Å². The van der Waals surface area contributed by atoms with E-state index in [-0.39, 0.29) is 24.5 Å². The molecule has 0 radical (unpaired) electrons. The zero-order valence-corrected chi connectivity index (χ0v) is 15.2. The third kappa shape index (κ3) is 4.72. The highest BCUT2D eigenvalue weighted by molar-refractivity contribution is 5.76. The number of hydrogen-bond donors (Lipinski definition) is 1. The summed E-state index contributed by atoms with van der Waals surface area (Å²) in [5.41, 5.74) is 7.15. The summed E-state index contributed by atoms with van der Waals surface area (Å²) in [6, 6.07) is 8.84. The standard InChI is InChI=1S/C19H28N2O4/c1-4-24-18(22)16(13(2)3)17-15(20)10-11-21(17)19(23)25-12-14-8-6-5-7-9-14/h5-9,13,15-17H,4,10-12,20H2,1-3H3. The van der Waals surface area contributed by atoms with Crippen LogP contribution in [0.1, 0.15) is 32.8 Å². The lowest BCUT2D eigenvalue weighted by Gasteiger charge is -2.34. The number of rotatable bonds is 6. The van der Waals surface area contributed by atoms with Crippen molar-refractivity contribution in [3.05, 3.63) is 35.9 Å². The van der Waals surface area contributed by atoms with E-state index >= 15 is 0 Å². The van der Waals surface area contributed by atoms with Gasteiger partial charge >= 0.3 is 12.1 Å². The molecule has 138 valence electrons. The Balaban J connectivity index is 2.09. The molecule has 1 fully saturated rings. The molecule has 1 amide bonds. The summed E-state index contributed by atoms with van der Waals surface area (Å²) in [5.74, 6) is -0.750. The Morgan fingerprint density at radius 2 is 1.92 bits per heavy atom. The van der Waals surface area contributed by atoms with Crippen molar-refractivity contribution in [3.8, 4) is 0 Å². The lowest BCUT2D eigenvalue weighted by molar-refractivity contribution is -0.152. The number of likely N-dealkylation sites (tertiary alicyclic amines) is 1. The summed E-state index contributed by atoms with van der Waals surface area (Å²) in [6.45, 7) is 6.66. The topological polar surface area (TPSA) is 81.9 Å². The van der Waals surface area contributed by atoms with Gasteiger partial charge in [0.15, 0.2) is 0 Å². The number of nitrogens with zero attached hydrogens (tertiary/aromatic N) is 1. The molecule has 0 spiro atoms. The first kappa shape index (κ1) is 19.2. The molecule has 1 heterocycles. The average Bonchev–Trinajstić information content (AvgIpc) is 2.95. The van der Waals surface area contributed by atoms with Crippen LogP contribution in [0.4, 0.5) is 4.79 Å². The number of carbonyl (C=O) groups is 2. The van der Waals surface area contributed by atoms with Gasteiger partial charge in [0.1, 0.15) is 6.61 Å². The van der Waals surface area contributed by atoms with Crippen molar-refractivity contribution in [2.75, 3.05) is 13.2 Å². The SMILES string of the molecule is CCOC(=O)C(C(C)C)C1C(N)CCN1C(=O)OCc1ccccc1. The molecule has 0 aromatic heterocycles. The maximum Gasteiger partial charge on any atom is 0.410 e. The van der Waals surface area contributed by atoms with Gasteiger partial charge in [-0.25, -0.2) is 4.79 Å². The number of carbonyl (C=O) groups excluding carboxylic acids is 2. The number of nitrogens with two attached hydrogens (primary N) is 1. The van der Waals surface area contributed by atoms with Gasteiger partial charge in [0, 0.05) is 12.6 Å². The molecule has 1 saturated heterocycles. The van der Waals surface area contributed by atoms with Crippen molar-refractivity contribution < 1.29 is 19.1 Å². The molecule has 1 aliphatic heterocycles. The molecule has 2 rings (SSSR count). The van der Waals surface area contributed by atoms with E-state index in [4.69, 9.17) is 15.2 Å². The first-order valence-corrected chi connectivity index (χ1v) is 8.85. The first-order valence-electron chi connectivity index (χ1n) is 8.85. The van der Waals surface area contributed by atoms with Crippen molar-refractivity contribution in [1.29, 1.82) is 0 Å². The molecule has 3 atom stereocenters. The zero-order chi connectivity index (χ0) is 18.4. The van der Waals surface area contributed by atoms with E-state index in [0.29, 0.717) is 19.6 Å². The quantitative estimate of drug-likeness (QED) is 0.799. The third-order valence-corrected chi connectivity index (χ3v) is 4.59. The zero-order valence-electron chi connectivity index (χ0n) is 15.2. The highest BCUT2D eigenvalue weighted by atomic mass is 16.6. The maximum atomic E-state index is 12.6. The third-order valence-electron chi connectivity index (χ3n) is 4.59. The van der Waals surface area contributed by atoms with Crippen LogP contribution in [0, 0.1) is 11.8 Å². The molecular formula is C19H28N2O4. The fraction of sp³-hybridized carbons (Fsp3) is 0.579. The van der Waals surface area contributed by atoms with Crippen LogP contribution in [-0.4, -0.2) is 42.2 Å². The smallest absolute Gasteiger partial charge is 0.410 e. The van der Waals surface area contributed by atoms with Gasteiger partial charge < -0.3 is 20.1 Å². The van der Waals surface area contributed by atoms with Crippen molar-refractivity contribution in [2.45, 2.75) is 45.9 Å². The van der Waals surface area contributed by atoms with Crippen LogP contribution in [-0.2, 0) is 20.9 Å². The molecule has 3 unspecified atom stereocenters. The second-order valence-electron chi connectivity index (χ2n) is 6.70. The molecule has 0 saturated carbocycles. The van der Waals surface area contributed by atoms with Gasteiger partial charge in [0.2, 0.25) is 0 Å². The molecule has 1 aliphatic rings. The Morgan fingerprint density at radius 1 is 1.24 bits per heavy atom. The molecule has 6 heteroatoms. The molecular weight excluding hydrogens is 320 g/mol. The largest absolute Gasteiger partial charge is 0.466 e. The number of amides is 1. The number of hydrogen-bond acceptors (Lipinski definition) is 5. The van der Waals surface area contributed by atoms with Crippen LogP contribution in [0.25, 0.3) is 0 Å². The molecule has 6 nitrogen and oxygen atoms in total. The lowest BCUT2D eigenvalue weighted by Crippen LogP contribution is -2.51. The van der Waals surface area contributed by atoms with E-state index in [1.807, 2.05) is 44.2 Å². The highest BCUT2D eigenvalue weighted by Gasteiger charge is 2.45. The van der Waals surface area contributed by atoms with E-state index in [0.717, 1.165) is 5.56 Å². The predicted molar refractivity (Wildman–Crippen MR) is 94.7 cm³/mol. The van der Waals surface area contributed by atoms with Gasteiger partial charge in [0.05, 0.1) is 18.6 Å². The van der Waals surface area contributed by atoms with Gasteiger partial charge in [0.25, 0.3) is 0 Å². The van der Waals surface area contributed by atoms with E-state index in [1.54, 1.807) is 11.8 Å². The normalized spacial score (nSPS) is 21.2. The summed E-state index contributed by atoms with van der Waals surface area (Å²) < 4.78 is 10.6. The van der Waals surface area contributed by atoms with Crippen LogP contribution in [0.5, 0.6) is 0 Å². The Bertz CT molecular complexity index is 576. The predicted octanol–water partition coefficient (Wildman–Crippen LogP) is 2.56. The van der Waals surface area contributed by atoms with Gasteiger partial charge in [-0.3, -0.25) is 4.79 Å². The minimum atomic E-state index is -0.457. The van der Waals surface area contributed by atoms with Crippen LogP contribution < -0.4 is 5.73 Å². The van der Waals surface area contributed by atoms with Gasteiger partial charge in [-0.15, -0.1) is 0 Å². The molecule has 1 aromatic carbocycles. The van der Waals surface area contributed by atoms with Gasteiger partial charge in [-0.1, -0.05) is 44.2 Å². The van der Waals surface area contributed by atoms with Crippen LogP contribution >= 0.6 is 0 Å². The number of ether oxygens (including phenoxy) is 2. The summed E-state index contributed by atoms with van der Waals surface area (Å²) in [4.78, 5) is 26.6. The second-order valence-corrected chi connectivity index (χ2v) is 6.70. The van der Waals surface area contributed by atoms with E-state index in [9.17, 15) is 9.59 Å². The second kappa shape index (κ2) is 8.85. The Labute approximate surface area is 149 Å². The van der Waals surface area contributed by atoms with Crippen LogP contribution in [0.3, 0.4) is 0 Å². The van der Waals surface area contributed by atoms with Crippen molar-refractivity contribution in [3.63, 3.8) is 0 Å². The number of esters is 1. The Kier molecular flexibility index (Phi) is 6.82. The minimum Gasteiger partial charge on any atom is -0.466 e. The Morgan fingerprint density at radius 3 is 2.52 bits per heavy atom. The monoisotopic (exact) mass is 348 g/mol. The fourth-order valence-corrected chi connectivity index (χ4v) is 3.36. The summed E-state index contributed by atoms with van der Waals surface area (Å²) in [5, 5.41) is 0. The van der Waals surface area contributed by atoms with E-state index in [2.05, 4.69) is 0 Å². The average molecular weight is 348 g/mol. The first-order chi connectivity index (χ1) is 12.0. The highest BCUT2D eigenvalue weighted by Crippen LogP contribution is 2.30. The molecule has 0 bridgehead atoms. The molecule has 0 aliphatic carbocycles. The molecule has 25 heavy (non-hydrogen) atoms. The fourth-order valence-electron chi connectivity index (χ4n) is 3.36. The van der Waals surface area contributed by atoms with E-state index < -0.39 is 18.1 Å². The van der Waals surface area contributed by atoms with Crippen molar-refractivity contribution in [1.82, 2.24) is 4.90 Å². The molecule has 2 N–H and O–H groups in total. The van der Waals surface area contributed by atoms with Crippen LogP contribution in [0.15, 0.2) is 30.3 Å². The maximum absolute atomic E-state index is 12.6. The van der Waals surface area contributed by atoms with E-state index in [1.165, 1.54) is 0 Å². The summed E-state index contributed by atoms with van der Waals surface area (Å²) in [6.07, 6.45) is 0.213. The summed E-state index contributed by atoms with van der Waals surface area (Å²) >= 11 is 0. The van der Waals surface area contributed by atoms with Crippen molar-refractivity contribution in [2.24, 2.45) is 17.6 Å².